The summed E-state index contributed by atoms with van der Waals surface area (Å²) in [7, 11) is 1.50. The van der Waals surface area contributed by atoms with Crippen molar-refractivity contribution in [3.8, 4) is 0 Å². The molecule has 0 unspecified atom stereocenters. The van der Waals surface area contributed by atoms with E-state index in [9.17, 15) is 9.59 Å². The van der Waals surface area contributed by atoms with Crippen LogP contribution >= 0.6 is 0 Å². The van der Waals surface area contributed by atoms with Crippen molar-refractivity contribution in [2.24, 2.45) is 0 Å². The van der Waals surface area contributed by atoms with Crippen molar-refractivity contribution in [1.82, 2.24) is 9.88 Å². The van der Waals surface area contributed by atoms with Crippen molar-refractivity contribution in [3.63, 3.8) is 0 Å². The number of hydrogen-bond donors (Lipinski definition) is 1. The van der Waals surface area contributed by atoms with E-state index >= 15 is 0 Å². The van der Waals surface area contributed by atoms with Gasteiger partial charge in [-0.25, -0.2) is 0 Å². The number of carboxylic acid groups (broad SMARTS) is 1. The number of carboxylic acids is 1. The van der Waals surface area contributed by atoms with Gasteiger partial charge in [-0.1, -0.05) is 18.2 Å². The number of benzene rings is 1. The summed E-state index contributed by atoms with van der Waals surface area (Å²) in [6.07, 6.45) is 1.61. The molecule has 21 heavy (non-hydrogen) atoms. The monoisotopic (exact) mass is 288 g/mol. The van der Waals surface area contributed by atoms with Crippen molar-refractivity contribution < 1.29 is 19.4 Å². The summed E-state index contributed by atoms with van der Waals surface area (Å²) in [4.78, 5) is 29.0. The maximum Gasteiger partial charge on any atom is 0.323 e. The van der Waals surface area contributed by atoms with Gasteiger partial charge in [0.2, 0.25) is 0 Å². The summed E-state index contributed by atoms with van der Waals surface area (Å²) in [6.45, 7) is 0.119. The Morgan fingerprint density at radius 1 is 1.29 bits per heavy atom. The number of nitrogens with zero attached hydrogens (tertiary/aromatic N) is 2. The molecule has 0 fully saturated rings. The number of methoxy groups -OCH3 is 1. The zero-order valence-electron chi connectivity index (χ0n) is 11.7. The highest BCUT2D eigenvalue weighted by molar-refractivity contribution is 6.06. The number of aromatic nitrogens is 1. The van der Waals surface area contributed by atoms with E-state index in [1.165, 1.54) is 12.0 Å². The molecule has 0 aliphatic carbocycles. The predicted molar refractivity (Wildman–Crippen MR) is 77.2 cm³/mol. The Hall–Kier alpha value is -2.47. The Morgan fingerprint density at radius 2 is 2.05 bits per heavy atom. The summed E-state index contributed by atoms with van der Waals surface area (Å²) in [6, 6.07) is 8.91. The van der Waals surface area contributed by atoms with Gasteiger partial charge in [0.25, 0.3) is 5.91 Å². The van der Waals surface area contributed by atoms with Gasteiger partial charge in [-0.2, -0.15) is 0 Å². The second kappa shape index (κ2) is 6.81. The lowest BCUT2D eigenvalue weighted by atomic mass is 10.1. The van der Waals surface area contributed by atoms with Crippen LogP contribution < -0.4 is 0 Å². The smallest absolute Gasteiger partial charge is 0.323 e. The van der Waals surface area contributed by atoms with Crippen LogP contribution in [0.2, 0.25) is 0 Å². The summed E-state index contributed by atoms with van der Waals surface area (Å²) in [5.74, 6) is -1.42. The molecule has 0 saturated carbocycles. The number of hydrogen-bond acceptors (Lipinski definition) is 4. The number of fused-ring (bicyclic) bond motifs is 1. The van der Waals surface area contributed by atoms with E-state index in [2.05, 4.69) is 4.98 Å². The van der Waals surface area contributed by atoms with Gasteiger partial charge in [-0.05, 0) is 12.1 Å². The molecule has 2 rings (SSSR count). The first-order chi connectivity index (χ1) is 10.1. The molecule has 6 nitrogen and oxygen atoms in total. The molecule has 0 aliphatic heterocycles. The second-order valence-corrected chi connectivity index (χ2v) is 4.49. The molecule has 0 bridgehead atoms. The summed E-state index contributed by atoms with van der Waals surface area (Å²) >= 11 is 0. The molecule has 1 N–H and O–H groups in total. The first kappa shape index (κ1) is 14.9. The molecule has 0 saturated heterocycles. The molecular formula is C15H16N2O4. The van der Waals surface area contributed by atoms with Gasteiger partial charge in [0, 0.05) is 25.2 Å². The molecule has 2 aromatic rings. The number of carbonyl (C=O) groups is 2. The van der Waals surface area contributed by atoms with Gasteiger partial charge in [0.05, 0.1) is 17.7 Å². The molecule has 0 aliphatic rings. The van der Waals surface area contributed by atoms with Gasteiger partial charge < -0.3 is 14.7 Å². The number of amides is 1. The van der Waals surface area contributed by atoms with E-state index in [0.717, 1.165) is 5.39 Å². The van der Waals surface area contributed by atoms with E-state index in [-0.39, 0.29) is 25.6 Å². The van der Waals surface area contributed by atoms with Crippen LogP contribution in [-0.2, 0) is 9.53 Å². The van der Waals surface area contributed by atoms with Crippen LogP contribution in [-0.4, -0.2) is 53.7 Å². The second-order valence-electron chi connectivity index (χ2n) is 4.49. The molecule has 1 heterocycles. The number of rotatable bonds is 6. The van der Waals surface area contributed by atoms with Crippen LogP contribution in [0.5, 0.6) is 0 Å². The van der Waals surface area contributed by atoms with Gasteiger partial charge in [0.1, 0.15) is 6.54 Å². The lowest BCUT2D eigenvalue weighted by Crippen LogP contribution is -2.38. The first-order valence-corrected chi connectivity index (χ1v) is 6.47. The van der Waals surface area contributed by atoms with E-state index in [0.29, 0.717) is 11.1 Å². The lowest BCUT2D eigenvalue weighted by Gasteiger charge is -2.20. The van der Waals surface area contributed by atoms with Crippen LogP contribution in [0.1, 0.15) is 10.4 Å². The fourth-order valence-electron chi connectivity index (χ4n) is 2.06. The minimum Gasteiger partial charge on any atom is -0.480 e. The summed E-state index contributed by atoms with van der Waals surface area (Å²) in [5.41, 5.74) is 0.961. The number of pyridine rings is 1. The molecule has 6 heteroatoms. The lowest BCUT2D eigenvalue weighted by molar-refractivity contribution is -0.137. The average molecular weight is 288 g/mol. The van der Waals surface area contributed by atoms with Gasteiger partial charge in [-0.3, -0.25) is 14.6 Å². The van der Waals surface area contributed by atoms with E-state index < -0.39 is 5.97 Å². The maximum atomic E-state index is 12.6. The quantitative estimate of drug-likeness (QED) is 0.869. The van der Waals surface area contributed by atoms with Crippen LogP contribution in [0.15, 0.2) is 36.5 Å². The highest BCUT2D eigenvalue weighted by atomic mass is 16.5. The molecule has 1 aromatic carbocycles. The molecule has 0 atom stereocenters. The first-order valence-electron chi connectivity index (χ1n) is 6.47. The van der Waals surface area contributed by atoms with Gasteiger partial charge in [-0.15, -0.1) is 0 Å². The van der Waals surface area contributed by atoms with Crippen molar-refractivity contribution in [1.29, 1.82) is 0 Å². The third kappa shape index (κ3) is 3.55. The third-order valence-corrected chi connectivity index (χ3v) is 3.04. The maximum absolute atomic E-state index is 12.6. The standard InChI is InChI=1S/C15H16N2O4/c1-21-9-8-17(10-13(18)19)15(20)12-6-2-4-11-5-3-7-16-14(11)12/h2-7H,8-10H2,1H3,(H,18,19). The summed E-state index contributed by atoms with van der Waals surface area (Å²) in [5, 5.41) is 9.78. The number of ether oxygens (including phenoxy) is 1. The van der Waals surface area contributed by atoms with Crippen LogP contribution in [0, 0.1) is 0 Å². The average Bonchev–Trinajstić information content (AvgIpc) is 2.50. The van der Waals surface area contributed by atoms with Gasteiger partial charge in [0.15, 0.2) is 0 Å². The SMILES string of the molecule is COCCN(CC(=O)O)C(=O)c1cccc2cccnc12. The zero-order chi connectivity index (χ0) is 15.2. The number of aliphatic carboxylic acids is 1. The number of para-hydroxylation sites is 1. The van der Waals surface area contributed by atoms with Crippen LogP contribution in [0.25, 0.3) is 10.9 Å². The Kier molecular flexibility index (Phi) is 4.84. The highest BCUT2D eigenvalue weighted by Gasteiger charge is 2.20. The summed E-state index contributed by atoms with van der Waals surface area (Å²) < 4.78 is 4.92. The largest absolute Gasteiger partial charge is 0.480 e. The minimum atomic E-state index is -1.06. The van der Waals surface area contributed by atoms with Crippen LogP contribution in [0.4, 0.5) is 0 Å². The topological polar surface area (TPSA) is 79.7 Å². The van der Waals surface area contributed by atoms with Crippen molar-refractivity contribution in [2.45, 2.75) is 0 Å². The molecule has 110 valence electrons. The number of carbonyl (C=O) groups excluding carboxylic acids is 1. The van der Waals surface area contributed by atoms with E-state index in [4.69, 9.17) is 9.84 Å². The minimum absolute atomic E-state index is 0.213. The molecular weight excluding hydrogens is 272 g/mol. The van der Waals surface area contributed by atoms with Crippen molar-refractivity contribution >= 4 is 22.8 Å². The van der Waals surface area contributed by atoms with Crippen molar-refractivity contribution in [2.75, 3.05) is 26.8 Å². The van der Waals surface area contributed by atoms with Gasteiger partial charge >= 0.3 is 5.97 Å². The normalized spacial score (nSPS) is 10.5. The Balaban J connectivity index is 2.35. The molecule has 1 aromatic heterocycles. The molecule has 0 radical (unpaired) electrons. The van der Waals surface area contributed by atoms with Crippen molar-refractivity contribution in [3.05, 3.63) is 42.1 Å². The zero-order valence-corrected chi connectivity index (χ0v) is 11.7. The Bertz CT molecular complexity index is 652. The Morgan fingerprint density at radius 3 is 2.76 bits per heavy atom. The predicted octanol–water partition coefficient (Wildman–Crippen LogP) is 1.41. The van der Waals surface area contributed by atoms with Crippen LogP contribution in [0.3, 0.4) is 0 Å². The van der Waals surface area contributed by atoms with E-state index in [1.807, 2.05) is 12.1 Å². The molecule has 1 amide bonds. The van der Waals surface area contributed by atoms with E-state index in [1.54, 1.807) is 24.4 Å². The highest BCUT2D eigenvalue weighted by Crippen LogP contribution is 2.17. The fourth-order valence-corrected chi connectivity index (χ4v) is 2.06. The third-order valence-electron chi connectivity index (χ3n) is 3.04. The Labute approximate surface area is 122 Å². The fraction of sp³-hybridized carbons (Fsp3) is 0.267. The molecule has 0 spiro atoms.